The van der Waals surface area contributed by atoms with Crippen LogP contribution in [0.1, 0.15) is 17.0 Å². The SMILES string of the molecule is Cc1nccc(NCc2cccc(CNc3ccnc(F)n3)c2)n1. The van der Waals surface area contributed by atoms with E-state index in [2.05, 4.69) is 36.6 Å². The topological polar surface area (TPSA) is 75.6 Å². The molecule has 0 unspecified atom stereocenters. The van der Waals surface area contributed by atoms with Crippen LogP contribution >= 0.6 is 0 Å². The third kappa shape index (κ3) is 4.45. The molecule has 6 nitrogen and oxygen atoms in total. The van der Waals surface area contributed by atoms with Gasteiger partial charge in [-0.05, 0) is 30.2 Å². The molecule has 2 N–H and O–H groups in total. The molecule has 0 saturated carbocycles. The molecular weight excluding hydrogens is 307 g/mol. The minimum Gasteiger partial charge on any atom is -0.366 e. The number of nitrogens with zero attached hydrogens (tertiary/aromatic N) is 4. The van der Waals surface area contributed by atoms with Crippen LogP contribution in [0.4, 0.5) is 16.0 Å². The number of benzene rings is 1. The van der Waals surface area contributed by atoms with E-state index in [4.69, 9.17) is 0 Å². The van der Waals surface area contributed by atoms with Crippen molar-refractivity contribution in [2.45, 2.75) is 20.0 Å². The zero-order valence-electron chi connectivity index (χ0n) is 13.2. The monoisotopic (exact) mass is 324 g/mol. The van der Waals surface area contributed by atoms with E-state index >= 15 is 0 Å². The van der Waals surface area contributed by atoms with E-state index in [1.54, 1.807) is 12.3 Å². The Bertz CT molecular complexity index is 759. The average Bonchev–Trinajstić information content (AvgIpc) is 2.59. The Morgan fingerprint density at radius 3 is 2.12 bits per heavy atom. The molecule has 0 radical (unpaired) electrons. The van der Waals surface area contributed by atoms with Gasteiger partial charge in [0.25, 0.3) is 0 Å². The standard InChI is InChI=1S/C17H17FN6/c1-12-19-7-5-15(23-12)21-10-13-3-2-4-14(9-13)11-22-16-6-8-20-17(18)24-16/h2-9H,10-11H2,1H3,(H,19,21,23)(H,20,22,24). The molecule has 24 heavy (non-hydrogen) atoms. The highest BCUT2D eigenvalue weighted by Gasteiger charge is 2.01. The molecule has 0 aliphatic rings. The molecule has 3 aromatic rings. The van der Waals surface area contributed by atoms with Crippen LogP contribution in [0.15, 0.2) is 48.8 Å². The third-order valence-electron chi connectivity index (χ3n) is 3.34. The van der Waals surface area contributed by atoms with Crippen molar-refractivity contribution in [1.29, 1.82) is 0 Å². The largest absolute Gasteiger partial charge is 0.366 e. The number of anilines is 2. The van der Waals surface area contributed by atoms with Gasteiger partial charge in [0.1, 0.15) is 17.5 Å². The highest BCUT2D eigenvalue weighted by Crippen LogP contribution is 2.10. The minimum atomic E-state index is -0.738. The van der Waals surface area contributed by atoms with E-state index in [1.165, 1.54) is 6.20 Å². The van der Waals surface area contributed by atoms with E-state index in [0.29, 0.717) is 18.9 Å². The Labute approximate surface area is 139 Å². The zero-order chi connectivity index (χ0) is 16.8. The molecule has 122 valence electrons. The normalized spacial score (nSPS) is 10.4. The van der Waals surface area contributed by atoms with E-state index < -0.39 is 6.08 Å². The lowest BCUT2D eigenvalue weighted by molar-refractivity contribution is 0.540. The molecule has 0 fully saturated rings. The van der Waals surface area contributed by atoms with Crippen molar-refractivity contribution in [2.24, 2.45) is 0 Å². The van der Waals surface area contributed by atoms with Crippen molar-refractivity contribution in [1.82, 2.24) is 19.9 Å². The third-order valence-corrected chi connectivity index (χ3v) is 3.34. The number of hydrogen-bond acceptors (Lipinski definition) is 6. The van der Waals surface area contributed by atoms with Gasteiger partial charge in [-0.1, -0.05) is 24.3 Å². The lowest BCUT2D eigenvalue weighted by atomic mass is 10.1. The van der Waals surface area contributed by atoms with Crippen LogP contribution in [0.2, 0.25) is 0 Å². The summed E-state index contributed by atoms with van der Waals surface area (Å²) in [5, 5.41) is 6.35. The molecule has 0 saturated heterocycles. The summed E-state index contributed by atoms with van der Waals surface area (Å²) in [6, 6.07) is 11.6. The molecule has 1 aromatic carbocycles. The first-order valence-electron chi connectivity index (χ1n) is 7.53. The fraction of sp³-hybridized carbons (Fsp3) is 0.176. The first-order valence-corrected chi connectivity index (χ1v) is 7.53. The first kappa shape index (κ1) is 15.8. The highest BCUT2D eigenvalue weighted by atomic mass is 19.1. The van der Waals surface area contributed by atoms with Crippen LogP contribution in [0.3, 0.4) is 0 Å². The van der Waals surface area contributed by atoms with Crippen molar-refractivity contribution in [3.8, 4) is 0 Å². The summed E-state index contributed by atoms with van der Waals surface area (Å²) in [6.07, 6.45) is 2.37. The lowest BCUT2D eigenvalue weighted by Gasteiger charge is -2.09. The molecule has 0 amide bonds. The molecule has 0 bridgehead atoms. The summed E-state index contributed by atoms with van der Waals surface area (Å²) in [6.45, 7) is 3.07. The Balaban J connectivity index is 1.59. The van der Waals surface area contributed by atoms with Crippen molar-refractivity contribution in [2.75, 3.05) is 10.6 Å². The average molecular weight is 324 g/mol. The molecule has 0 spiro atoms. The van der Waals surface area contributed by atoms with Crippen molar-refractivity contribution in [3.05, 3.63) is 71.8 Å². The summed E-state index contributed by atoms with van der Waals surface area (Å²) < 4.78 is 13.0. The van der Waals surface area contributed by atoms with Crippen LogP contribution in [-0.4, -0.2) is 19.9 Å². The van der Waals surface area contributed by atoms with E-state index in [1.807, 2.05) is 31.2 Å². The van der Waals surface area contributed by atoms with Gasteiger partial charge < -0.3 is 10.6 Å². The summed E-state index contributed by atoms with van der Waals surface area (Å²) in [7, 11) is 0. The summed E-state index contributed by atoms with van der Waals surface area (Å²) >= 11 is 0. The second-order valence-corrected chi connectivity index (χ2v) is 5.23. The van der Waals surface area contributed by atoms with Gasteiger partial charge in [-0.3, -0.25) is 0 Å². The lowest BCUT2D eigenvalue weighted by Crippen LogP contribution is -2.05. The molecule has 7 heteroatoms. The number of aromatic nitrogens is 4. The molecular formula is C17H17FN6. The molecule has 0 aliphatic heterocycles. The molecule has 0 atom stereocenters. The number of hydrogen-bond donors (Lipinski definition) is 2. The predicted octanol–water partition coefficient (Wildman–Crippen LogP) is 2.94. The Morgan fingerprint density at radius 1 is 0.875 bits per heavy atom. The van der Waals surface area contributed by atoms with Crippen molar-refractivity contribution in [3.63, 3.8) is 0 Å². The van der Waals surface area contributed by atoms with Gasteiger partial charge in [-0.15, -0.1) is 0 Å². The van der Waals surface area contributed by atoms with Gasteiger partial charge in [0.2, 0.25) is 0 Å². The number of aryl methyl sites for hydroxylation is 1. The van der Waals surface area contributed by atoms with E-state index in [9.17, 15) is 4.39 Å². The molecule has 2 heterocycles. The van der Waals surface area contributed by atoms with Crippen molar-refractivity contribution >= 4 is 11.6 Å². The summed E-state index contributed by atoms with van der Waals surface area (Å²) in [5.41, 5.74) is 2.20. The van der Waals surface area contributed by atoms with Crippen LogP contribution in [-0.2, 0) is 13.1 Å². The van der Waals surface area contributed by atoms with Crippen LogP contribution in [0, 0.1) is 13.0 Å². The van der Waals surface area contributed by atoms with Gasteiger partial charge >= 0.3 is 6.08 Å². The van der Waals surface area contributed by atoms with E-state index in [-0.39, 0.29) is 0 Å². The number of halogens is 1. The molecule has 0 aliphatic carbocycles. The van der Waals surface area contributed by atoms with Gasteiger partial charge in [0.15, 0.2) is 0 Å². The predicted molar refractivity (Wildman–Crippen MR) is 89.9 cm³/mol. The Morgan fingerprint density at radius 2 is 1.50 bits per heavy atom. The maximum Gasteiger partial charge on any atom is 0.310 e. The van der Waals surface area contributed by atoms with Crippen molar-refractivity contribution < 1.29 is 4.39 Å². The van der Waals surface area contributed by atoms with Gasteiger partial charge in [-0.2, -0.15) is 9.37 Å². The molecule has 3 rings (SSSR count). The van der Waals surface area contributed by atoms with Crippen LogP contribution in [0.5, 0.6) is 0 Å². The second kappa shape index (κ2) is 7.45. The maximum atomic E-state index is 13.0. The summed E-state index contributed by atoms with van der Waals surface area (Å²) in [5.74, 6) is 1.99. The second-order valence-electron chi connectivity index (χ2n) is 5.23. The maximum absolute atomic E-state index is 13.0. The van der Waals surface area contributed by atoms with Crippen LogP contribution < -0.4 is 10.6 Å². The van der Waals surface area contributed by atoms with Gasteiger partial charge in [-0.25, -0.2) is 15.0 Å². The number of nitrogens with one attached hydrogen (secondary N) is 2. The van der Waals surface area contributed by atoms with Crippen LogP contribution in [0.25, 0.3) is 0 Å². The smallest absolute Gasteiger partial charge is 0.310 e. The van der Waals surface area contributed by atoms with Gasteiger partial charge in [0, 0.05) is 25.5 Å². The van der Waals surface area contributed by atoms with E-state index in [0.717, 1.165) is 22.8 Å². The summed E-state index contributed by atoms with van der Waals surface area (Å²) in [4.78, 5) is 15.5. The Hall–Kier alpha value is -3.09. The zero-order valence-corrected chi connectivity index (χ0v) is 13.2. The molecule has 2 aromatic heterocycles. The quantitative estimate of drug-likeness (QED) is 0.679. The Kier molecular flexibility index (Phi) is 4.90. The highest BCUT2D eigenvalue weighted by molar-refractivity contribution is 5.37. The fourth-order valence-corrected chi connectivity index (χ4v) is 2.22. The number of rotatable bonds is 6. The first-order chi connectivity index (χ1) is 11.7. The minimum absolute atomic E-state index is 0.461. The fourth-order valence-electron chi connectivity index (χ4n) is 2.22. The van der Waals surface area contributed by atoms with Gasteiger partial charge in [0.05, 0.1) is 0 Å².